The fourth-order valence-corrected chi connectivity index (χ4v) is 6.71. The lowest BCUT2D eigenvalue weighted by Gasteiger charge is -2.27. The van der Waals surface area contributed by atoms with Gasteiger partial charge in [0.2, 0.25) is 0 Å². The topological polar surface area (TPSA) is 172 Å². The number of non-ortho nitro benzene ring substituents is 1. The number of aryl methyl sites for hydroxylation is 1. The second kappa shape index (κ2) is 13.6. The number of anilines is 1. The van der Waals surface area contributed by atoms with Crippen LogP contribution in [0.5, 0.6) is 0 Å². The van der Waals surface area contributed by atoms with Crippen molar-refractivity contribution in [3.8, 4) is 5.69 Å². The first-order chi connectivity index (χ1) is 24.7. The Hall–Kier alpha value is -6.18. The van der Waals surface area contributed by atoms with Crippen LogP contribution in [0.15, 0.2) is 120 Å². The molecule has 1 amide bonds. The van der Waals surface area contributed by atoms with E-state index in [1.165, 1.54) is 27.8 Å². The molecule has 2 aromatic heterocycles. The third kappa shape index (κ3) is 6.13. The Morgan fingerprint density at radius 1 is 1.00 bits per heavy atom. The predicted molar refractivity (Wildman–Crippen MR) is 190 cm³/mol. The van der Waals surface area contributed by atoms with Gasteiger partial charge >= 0.3 is 0 Å². The Morgan fingerprint density at radius 2 is 1.78 bits per heavy atom. The minimum atomic E-state index is -2.08. The highest BCUT2D eigenvalue weighted by Crippen LogP contribution is 2.47. The second-order valence-electron chi connectivity index (χ2n) is 12.6. The fourth-order valence-electron chi connectivity index (χ4n) is 6.71. The van der Waals surface area contributed by atoms with Crippen LogP contribution < -0.4 is 10.5 Å². The van der Waals surface area contributed by atoms with Crippen molar-refractivity contribution in [3.05, 3.63) is 158 Å². The summed E-state index contributed by atoms with van der Waals surface area (Å²) in [6.45, 7) is 2.10. The SMILES string of the molecule is C[C@@H](/C=C/CCn1cc(C(CO)c2ccccc2)nn1)[C@]1(O)C(=O)N(Cc2cccc(-n3[nH]c4ccccc4c3=O)c2)c2ccc([N+](=O)[O-])cc21. The molecule has 6 aromatic rings. The number of amides is 1. The Bertz CT molecular complexity index is 2330. The zero-order chi connectivity index (χ0) is 35.7. The van der Waals surface area contributed by atoms with Crippen molar-refractivity contribution in [2.75, 3.05) is 11.5 Å². The van der Waals surface area contributed by atoms with E-state index in [1.54, 1.807) is 54.2 Å². The number of benzene rings is 4. The van der Waals surface area contributed by atoms with Crippen LogP contribution in [0.4, 0.5) is 11.4 Å². The van der Waals surface area contributed by atoms with Crippen molar-refractivity contribution in [2.45, 2.75) is 38.0 Å². The number of aromatic amines is 1. The standard InChI is InChI=1S/C38H35N7O6/c1-25(10-7-8-19-42-23-34(39-41-42)31(24-46)27-12-3-2-4-13-27)38(49)32-21-29(45(50)51)17-18-35(32)43(37(38)48)22-26-11-9-14-28(20-26)44-36(47)30-15-5-6-16-33(30)40-44/h2-7,9-18,20-21,23,25,31,40,46,49H,8,19,22,24H2,1H3/b10-7+/t25-,31?,38+/m0/s1. The molecule has 3 atom stereocenters. The first-order valence-corrected chi connectivity index (χ1v) is 16.5. The third-order valence-corrected chi connectivity index (χ3v) is 9.47. The highest BCUT2D eigenvalue weighted by Gasteiger charge is 2.53. The molecule has 0 radical (unpaired) electrons. The van der Waals surface area contributed by atoms with Crippen molar-refractivity contribution in [2.24, 2.45) is 5.92 Å². The molecule has 0 saturated carbocycles. The van der Waals surface area contributed by atoms with Crippen LogP contribution in [0.25, 0.3) is 16.6 Å². The molecule has 13 heteroatoms. The number of nitrogens with one attached hydrogen (secondary N) is 1. The number of hydrogen-bond donors (Lipinski definition) is 3. The largest absolute Gasteiger partial charge is 0.395 e. The molecular formula is C38H35N7O6. The summed E-state index contributed by atoms with van der Waals surface area (Å²) < 4.78 is 3.11. The highest BCUT2D eigenvalue weighted by atomic mass is 16.6. The number of aromatic nitrogens is 5. The van der Waals surface area contributed by atoms with E-state index in [4.69, 9.17) is 0 Å². The van der Waals surface area contributed by atoms with Gasteiger partial charge in [0.25, 0.3) is 17.2 Å². The van der Waals surface area contributed by atoms with E-state index in [2.05, 4.69) is 15.4 Å². The second-order valence-corrected chi connectivity index (χ2v) is 12.6. The molecule has 0 saturated heterocycles. The quantitative estimate of drug-likeness (QED) is 0.0922. The molecule has 0 bridgehead atoms. The summed E-state index contributed by atoms with van der Waals surface area (Å²) >= 11 is 0. The van der Waals surface area contributed by atoms with Crippen molar-refractivity contribution in [3.63, 3.8) is 0 Å². The first-order valence-electron chi connectivity index (χ1n) is 16.5. The summed E-state index contributed by atoms with van der Waals surface area (Å²) in [5.41, 5.74) is 1.52. The van der Waals surface area contributed by atoms with Crippen LogP contribution in [-0.2, 0) is 23.5 Å². The van der Waals surface area contributed by atoms with Gasteiger partial charge in [0, 0.05) is 36.4 Å². The van der Waals surface area contributed by atoms with E-state index in [1.807, 2.05) is 54.6 Å². The zero-order valence-corrected chi connectivity index (χ0v) is 27.7. The molecule has 3 N–H and O–H groups in total. The number of hydrogen-bond acceptors (Lipinski definition) is 8. The maximum absolute atomic E-state index is 14.2. The van der Waals surface area contributed by atoms with Gasteiger partial charge in [0.15, 0.2) is 5.60 Å². The minimum Gasteiger partial charge on any atom is -0.395 e. The van der Waals surface area contributed by atoms with E-state index < -0.39 is 22.3 Å². The summed E-state index contributed by atoms with van der Waals surface area (Å²) in [7, 11) is 0. The summed E-state index contributed by atoms with van der Waals surface area (Å²) in [6, 6.07) is 28.0. The van der Waals surface area contributed by atoms with E-state index >= 15 is 0 Å². The smallest absolute Gasteiger partial charge is 0.279 e. The normalized spacial score (nSPS) is 16.9. The molecule has 1 aliphatic heterocycles. The summed E-state index contributed by atoms with van der Waals surface area (Å²) in [5.74, 6) is -1.67. The van der Waals surface area contributed by atoms with E-state index in [9.17, 15) is 29.9 Å². The molecule has 3 heterocycles. The number of rotatable bonds is 12. The minimum absolute atomic E-state index is 0.0532. The number of carbonyl (C=O) groups is 1. The first kappa shape index (κ1) is 33.3. The highest BCUT2D eigenvalue weighted by molar-refractivity contribution is 6.07. The van der Waals surface area contributed by atoms with E-state index in [-0.39, 0.29) is 35.9 Å². The number of carbonyl (C=O) groups excluding carboxylic acids is 1. The van der Waals surface area contributed by atoms with Gasteiger partial charge in [-0.3, -0.25) is 29.5 Å². The van der Waals surface area contributed by atoms with Crippen LogP contribution in [0.1, 0.15) is 41.6 Å². The molecule has 51 heavy (non-hydrogen) atoms. The van der Waals surface area contributed by atoms with Gasteiger partial charge < -0.3 is 15.1 Å². The Morgan fingerprint density at radius 3 is 2.55 bits per heavy atom. The Kier molecular flexibility index (Phi) is 8.90. The van der Waals surface area contributed by atoms with Gasteiger partial charge in [-0.15, -0.1) is 5.10 Å². The molecule has 0 spiro atoms. The average Bonchev–Trinajstić information content (AvgIpc) is 3.81. The Balaban J connectivity index is 1.11. The molecular weight excluding hydrogens is 650 g/mol. The lowest BCUT2D eigenvalue weighted by atomic mass is 9.82. The maximum Gasteiger partial charge on any atom is 0.279 e. The summed E-state index contributed by atoms with van der Waals surface area (Å²) in [4.78, 5) is 39.9. The number of allylic oxidation sites excluding steroid dienone is 1. The monoisotopic (exact) mass is 685 g/mol. The number of para-hydroxylation sites is 1. The molecule has 13 nitrogen and oxygen atoms in total. The van der Waals surface area contributed by atoms with Crippen molar-refractivity contribution >= 4 is 28.2 Å². The summed E-state index contributed by atoms with van der Waals surface area (Å²) in [6.07, 6.45) is 5.85. The van der Waals surface area contributed by atoms with Crippen LogP contribution in [0, 0.1) is 16.0 Å². The lowest BCUT2D eigenvalue weighted by molar-refractivity contribution is -0.385. The fraction of sp³-hybridized carbons (Fsp3) is 0.211. The number of fused-ring (bicyclic) bond motifs is 2. The Labute approximate surface area is 291 Å². The van der Waals surface area contributed by atoms with Crippen molar-refractivity contribution in [1.29, 1.82) is 0 Å². The van der Waals surface area contributed by atoms with Crippen LogP contribution >= 0.6 is 0 Å². The van der Waals surface area contributed by atoms with Gasteiger partial charge in [-0.25, -0.2) is 4.68 Å². The summed E-state index contributed by atoms with van der Waals surface area (Å²) in [5, 5.41) is 46.0. The molecule has 1 unspecified atom stereocenters. The maximum atomic E-state index is 14.2. The number of aliphatic hydroxyl groups excluding tert-OH is 1. The van der Waals surface area contributed by atoms with Gasteiger partial charge in [-0.1, -0.05) is 78.9 Å². The third-order valence-electron chi connectivity index (χ3n) is 9.47. The number of aliphatic hydroxyl groups is 2. The molecule has 258 valence electrons. The number of H-pyrrole nitrogens is 1. The molecule has 0 aliphatic carbocycles. The van der Waals surface area contributed by atoms with Crippen LogP contribution in [-0.4, -0.2) is 52.4 Å². The molecule has 4 aromatic carbocycles. The lowest BCUT2D eigenvalue weighted by Crippen LogP contribution is -2.44. The van der Waals surface area contributed by atoms with Gasteiger partial charge in [0.05, 0.1) is 52.0 Å². The van der Waals surface area contributed by atoms with Gasteiger partial charge in [0.1, 0.15) is 0 Å². The van der Waals surface area contributed by atoms with E-state index in [0.29, 0.717) is 46.5 Å². The van der Waals surface area contributed by atoms with Crippen molar-refractivity contribution in [1.82, 2.24) is 24.8 Å². The van der Waals surface area contributed by atoms with E-state index in [0.717, 1.165) is 5.56 Å². The van der Waals surface area contributed by atoms with Crippen molar-refractivity contribution < 1.29 is 19.9 Å². The molecule has 1 aliphatic rings. The molecule has 7 rings (SSSR count). The average molecular weight is 686 g/mol. The van der Waals surface area contributed by atoms with Crippen LogP contribution in [0.3, 0.4) is 0 Å². The van der Waals surface area contributed by atoms with Gasteiger partial charge in [-0.05, 0) is 47.9 Å². The molecule has 0 fully saturated rings. The number of nitro benzene ring substituents is 1. The number of nitro groups is 1. The zero-order valence-electron chi connectivity index (χ0n) is 27.7. The number of nitrogens with zero attached hydrogens (tertiary/aromatic N) is 6. The predicted octanol–water partition coefficient (Wildman–Crippen LogP) is 4.96. The van der Waals surface area contributed by atoms with Crippen LogP contribution in [0.2, 0.25) is 0 Å². The van der Waals surface area contributed by atoms with Gasteiger partial charge in [-0.2, -0.15) is 0 Å².